The second kappa shape index (κ2) is 10.2. The summed E-state index contributed by atoms with van der Waals surface area (Å²) in [5.41, 5.74) is 2.33. The fourth-order valence-corrected chi connectivity index (χ4v) is 4.04. The van der Waals surface area contributed by atoms with Crippen LogP contribution in [0.4, 0.5) is 10.8 Å². The van der Waals surface area contributed by atoms with Gasteiger partial charge in [0.25, 0.3) is 5.91 Å². The monoisotopic (exact) mass is 442 g/mol. The number of nitrogens with one attached hydrogen (secondary N) is 2. The van der Waals surface area contributed by atoms with Crippen molar-refractivity contribution in [3.63, 3.8) is 0 Å². The Morgan fingerprint density at radius 1 is 1.10 bits per heavy atom. The number of carbonyl (C=O) groups is 2. The van der Waals surface area contributed by atoms with Crippen molar-refractivity contribution in [1.82, 2.24) is 10.2 Å². The minimum atomic E-state index is -0.281. The minimum Gasteiger partial charge on any atom is -0.491 e. The molecule has 30 heavy (non-hydrogen) atoms. The molecule has 0 radical (unpaired) electrons. The third-order valence-corrected chi connectivity index (χ3v) is 5.72. The lowest BCUT2D eigenvalue weighted by molar-refractivity contribution is -0.113. The van der Waals surface area contributed by atoms with Gasteiger partial charge in [-0.05, 0) is 62.7 Å². The van der Waals surface area contributed by atoms with E-state index in [2.05, 4.69) is 20.8 Å². The summed E-state index contributed by atoms with van der Waals surface area (Å²) >= 11 is 2.49. The van der Waals surface area contributed by atoms with Crippen LogP contribution >= 0.6 is 23.1 Å². The van der Waals surface area contributed by atoms with E-state index in [0.717, 1.165) is 11.3 Å². The van der Waals surface area contributed by atoms with E-state index < -0.39 is 0 Å². The first-order valence-corrected chi connectivity index (χ1v) is 11.1. The fraction of sp³-hybridized carbons (Fsp3) is 0.238. The summed E-state index contributed by atoms with van der Waals surface area (Å²) in [5, 5.41) is 13.9. The highest BCUT2D eigenvalue weighted by Crippen LogP contribution is 2.26. The van der Waals surface area contributed by atoms with E-state index in [1.54, 1.807) is 24.3 Å². The highest BCUT2D eigenvalue weighted by Gasteiger charge is 2.12. The van der Waals surface area contributed by atoms with Gasteiger partial charge in [0.1, 0.15) is 5.75 Å². The molecule has 1 heterocycles. The quantitative estimate of drug-likeness (QED) is 0.391. The van der Waals surface area contributed by atoms with E-state index in [9.17, 15) is 9.59 Å². The van der Waals surface area contributed by atoms with Gasteiger partial charge in [0.15, 0.2) is 4.34 Å². The molecule has 0 aliphatic carbocycles. The topological polar surface area (TPSA) is 93.2 Å². The van der Waals surface area contributed by atoms with Crippen LogP contribution in [0.1, 0.15) is 29.8 Å². The average Bonchev–Trinajstić information content (AvgIpc) is 3.14. The second-order valence-corrected chi connectivity index (χ2v) is 8.92. The lowest BCUT2D eigenvalue weighted by Gasteiger charge is -2.09. The lowest BCUT2D eigenvalue weighted by Crippen LogP contribution is -2.13. The predicted molar refractivity (Wildman–Crippen MR) is 121 cm³/mol. The number of hydrogen-bond acceptors (Lipinski definition) is 7. The smallest absolute Gasteiger partial charge is 0.257 e. The highest BCUT2D eigenvalue weighted by atomic mass is 32.2. The molecular formula is C21H22N4O3S2. The Bertz CT molecular complexity index is 1020. The summed E-state index contributed by atoms with van der Waals surface area (Å²) in [6.45, 7) is 5.85. The molecule has 0 saturated heterocycles. The van der Waals surface area contributed by atoms with Crippen LogP contribution in [-0.4, -0.2) is 33.9 Å². The third-order valence-electron chi connectivity index (χ3n) is 3.74. The molecule has 0 saturated carbocycles. The van der Waals surface area contributed by atoms with Gasteiger partial charge in [-0.25, -0.2) is 0 Å². The van der Waals surface area contributed by atoms with Crippen LogP contribution in [0.3, 0.4) is 0 Å². The molecule has 2 N–H and O–H groups in total. The minimum absolute atomic E-state index is 0.0703. The van der Waals surface area contributed by atoms with E-state index >= 15 is 0 Å². The van der Waals surface area contributed by atoms with Crippen molar-refractivity contribution in [1.29, 1.82) is 0 Å². The van der Waals surface area contributed by atoms with Crippen LogP contribution in [0, 0.1) is 6.92 Å². The standard InChI is InChI=1S/C21H22N4O3S2/c1-13(2)28-17-9-7-15(8-10-17)19(27)23-20-24-25-21(30-20)29-12-18(26)22-16-6-4-5-14(3)11-16/h4-11,13H,12H2,1-3H3,(H,22,26)(H,23,24,27). The Hall–Kier alpha value is -2.91. The van der Waals surface area contributed by atoms with Gasteiger partial charge in [-0.1, -0.05) is 35.2 Å². The highest BCUT2D eigenvalue weighted by molar-refractivity contribution is 8.01. The Balaban J connectivity index is 1.49. The van der Waals surface area contributed by atoms with Crippen molar-refractivity contribution in [2.75, 3.05) is 16.4 Å². The molecule has 0 bridgehead atoms. The number of thioether (sulfide) groups is 1. The van der Waals surface area contributed by atoms with E-state index in [-0.39, 0.29) is 23.7 Å². The molecule has 0 spiro atoms. The molecule has 0 fully saturated rings. The van der Waals surface area contributed by atoms with Gasteiger partial charge in [0.2, 0.25) is 11.0 Å². The third kappa shape index (κ3) is 6.57. The van der Waals surface area contributed by atoms with Crippen molar-refractivity contribution in [3.8, 4) is 5.75 Å². The van der Waals surface area contributed by atoms with E-state index in [1.165, 1.54) is 23.1 Å². The van der Waals surface area contributed by atoms with Crippen LogP contribution in [0.25, 0.3) is 0 Å². The molecule has 0 unspecified atom stereocenters. The lowest BCUT2D eigenvalue weighted by atomic mass is 10.2. The molecule has 156 valence electrons. The van der Waals surface area contributed by atoms with Crippen molar-refractivity contribution >= 4 is 45.7 Å². The summed E-state index contributed by atoms with van der Waals surface area (Å²) in [6.07, 6.45) is 0.0703. The summed E-state index contributed by atoms with van der Waals surface area (Å²) < 4.78 is 6.17. The number of aromatic nitrogens is 2. The number of anilines is 2. The summed E-state index contributed by atoms with van der Waals surface area (Å²) in [5.74, 6) is 0.500. The molecule has 1 aromatic heterocycles. The van der Waals surface area contributed by atoms with Crippen LogP contribution in [0.15, 0.2) is 52.9 Å². The molecule has 0 aliphatic heterocycles. The number of amides is 2. The zero-order chi connectivity index (χ0) is 21.5. The van der Waals surface area contributed by atoms with Gasteiger partial charge in [0, 0.05) is 11.3 Å². The first kappa shape index (κ1) is 21.8. The maximum absolute atomic E-state index is 12.4. The van der Waals surface area contributed by atoms with Gasteiger partial charge in [-0.15, -0.1) is 10.2 Å². The van der Waals surface area contributed by atoms with Gasteiger partial charge in [0.05, 0.1) is 11.9 Å². The number of carbonyl (C=O) groups excluding carboxylic acids is 2. The number of nitrogens with zero attached hydrogens (tertiary/aromatic N) is 2. The SMILES string of the molecule is Cc1cccc(NC(=O)CSc2nnc(NC(=O)c3ccc(OC(C)C)cc3)s2)c1. The maximum Gasteiger partial charge on any atom is 0.257 e. The number of rotatable bonds is 8. The molecular weight excluding hydrogens is 420 g/mol. The molecule has 7 nitrogen and oxygen atoms in total. The summed E-state index contributed by atoms with van der Waals surface area (Å²) in [6, 6.07) is 14.5. The fourth-order valence-electron chi connectivity index (χ4n) is 2.49. The van der Waals surface area contributed by atoms with Gasteiger partial charge < -0.3 is 10.1 Å². The predicted octanol–water partition coefficient (Wildman–Crippen LogP) is 4.62. The summed E-state index contributed by atoms with van der Waals surface area (Å²) in [7, 11) is 0. The molecule has 2 aromatic carbocycles. The molecule has 3 aromatic rings. The van der Waals surface area contributed by atoms with Gasteiger partial charge in [-0.3, -0.25) is 14.9 Å². The van der Waals surface area contributed by atoms with E-state index in [1.807, 2.05) is 45.0 Å². The molecule has 9 heteroatoms. The van der Waals surface area contributed by atoms with Crippen LogP contribution in [0.2, 0.25) is 0 Å². The average molecular weight is 443 g/mol. The molecule has 0 aliphatic rings. The number of ether oxygens (including phenoxy) is 1. The molecule has 2 amide bonds. The normalized spacial score (nSPS) is 10.7. The van der Waals surface area contributed by atoms with Crippen molar-refractivity contribution in [3.05, 3.63) is 59.7 Å². The Labute approximate surface area is 183 Å². The number of benzene rings is 2. The van der Waals surface area contributed by atoms with E-state index in [4.69, 9.17) is 4.74 Å². The first-order valence-electron chi connectivity index (χ1n) is 9.30. The van der Waals surface area contributed by atoms with Crippen LogP contribution in [-0.2, 0) is 4.79 Å². The van der Waals surface area contributed by atoms with Crippen molar-refractivity contribution < 1.29 is 14.3 Å². The molecule has 0 atom stereocenters. The van der Waals surface area contributed by atoms with Crippen LogP contribution in [0.5, 0.6) is 5.75 Å². The largest absolute Gasteiger partial charge is 0.491 e. The zero-order valence-electron chi connectivity index (χ0n) is 16.8. The first-order chi connectivity index (χ1) is 14.4. The summed E-state index contributed by atoms with van der Waals surface area (Å²) in [4.78, 5) is 24.5. The van der Waals surface area contributed by atoms with Crippen LogP contribution < -0.4 is 15.4 Å². The zero-order valence-corrected chi connectivity index (χ0v) is 18.5. The van der Waals surface area contributed by atoms with E-state index in [0.29, 0.717) is 20.8 Å². The Morgan fingerprint density at radius 2 is 1.87 bits per heavy atom. The van der Waals surface area contributed by atoms with Gasteiger partial charge >= 0.3 is 0 Å². The van der Waals surface area contributed by atoms with Crippen molar-refractivity contribution in [2.24, 2.45) is 0 Å². The van der Waals surface area contributed by atoms with Crippen molar-refractivity contribution in [2.45, 2.75) is 31.2 Å². The van der Waals surface area contributed by atoms with Gasteiger partial charge in [-0.2, -0.15) is 0 Å². The molecule has 3 rings (SSSR count). The second-order valence-electron chi connectivity index (χ2n) is 6.72. The number of aryl methyl sites for hydroxylation is 1. The maximum atomic E-state index is 12.4. The number of hydrogen-bond donors (Lipinski definition) is 2. The Morgan fingerprint density at radius 3 is 2.57 bits per heavy atom. The Kier molecular flexibility index (Phi) is 7.42.